The quantitative estimate of drug-likeness (QED) is 0.169. The second-order valence-electron chi connectivity index (χ2n) is 12.2. The van der Waals surface area contributed by atoms with Crippen LogP contribution in [-0.4, -0.2) is 62.3 Å². The SMILES string of the molecule is CCCCN1CCC(Oc2ccc(C(=O)N(CC)c3ccc(Oc4cc(F)c(NC(=O)NC(CC)CC)cc4OC)cc3)cc2C)CC1. The largest absolute Gasteiger partial charge is 0.493 e. The average molecular weight is 663 g/mol. The second-order valence-corrected chi connectivity index (χ2v) is 12.2. The highest BCUT2D eigenvalue weighted by atomic mass is 19.1. The lowest BCUT2D eigenvalue weighted by molar-refractivity contribution is 0.0982. The zero-order chi connectivity index (χ0) is 34.6. The molecule has 0 unspecified atom stereocenters. The summed E-state index contributed by atoms with van der Waals surface area (Å²) < 4.78 is 32.7. The van der Waals surface area contributed by atoms with Crippen molar-refractivity contribution in [3.8, 4) is 23.0 Å². The number of piperidine rings is 1. The first kappa shape index (κ1) is 36.5. The number of rotatable bonds is 15. The van der Waals surface area contributed by atoms with E-state index < -0.39 is 11.8 Å². The van der Waals surface area contributed by atoms with Crippen molar-refractivity contribution >= 4 is 23.3 Å². The van der Waals surface area contributed by atoms with E-state index in [4.69, 9.17) is 14.2 Å². The van der Waals surface area contributed by atoms with E-state index in [1.165, 1.54) is 32.1 Å². The first-order valence-electron chi connectivity index (χ1n) is 17.2. The topological polar surface area (TPSA) is 92.4 Å². The zero-order valence-electron chi connectivity index (χ0n) is 29.2. The molecule has 0 atom stereocenters. The molecule has 1 saturated heterocycles. The predicted molar refractivity (Wildman–Crippen MR) is 190 cm³/mol. The molecule has 1 aliphatic rings. The molecule has 3 amide bonds. The van der Waals surface area contributed by atoms with E-state index in [0.29, 0.717) is 23.5 Å². The molecule has 1 heterocycles. The van der Waals surface area contributed by atoms with Crippen LogP contribution in [0.5, 0.6) is 23.0 Å². The molecule has 1 aliphatic heterocycles. The number of nitrogens with zero attached hydrogens (tertiary/aromatic N) is 2. The normalized spacial score (nSPS) is 13.7. The van der Waals surface area contributed by atoms with Crippen LogP contribution in [0.4, 0.5) is 20.6 Å². The van der Waals surface area contributed by atoms with Crippen molar-refractivity contribution in [1.82, 2.24) is 10.2 Å². The van der Waals surface area contributed by atoms with Crippen molar-refractivity contribution in [2.75, 3.05) is 43.5 Å². The van der Waals surface area contributed by atoms with Crippen molar-refractivity contribution < 1.29 is 28.2 Å². The highest BCUT2D eigenvalue weighted by Crippen LogP contribution is 2.36. The van der Waals surface area contributed by atoms with Crippen molar-refractivity contribution in [3.05, 3.63) is 71.5 Å². The summed E-state index contributed by atoms with van der Waals surface area (Å²) >= 11 is 0. The summed E-state index contributed by atoms with van der Waals surface area (Å²) in [4.78, 5) is 30.2. The van der Waals surface area contributed by atoms with Gasteiger partial charge in [0.1, 0.15) is 17.6 Å². The Labute approximate surface area is 284 Å². The molecule has 3 aromatic rings. The maximum absolute atomic E-state index is 15.0. The van der Waals surface area contributed by atoms with Gasteiger partial charge in [-0.3, -0.25) is 4.79 Å². The number of benzene rings is 3. The van der Waals surface area contributed by atoms with E-state index in [2.05, 4.69) is 22.5 Å². The lowest BCUT2D eigenvalue weighted by Crippen LogP contribution is -2.38. The fraction of sp³-hybridized carbons (Fsp3) is 0.474. The number of nitrogens with one attached hydrogen (secondary N) is 2. The molecule has 3 aromatic carbocycles. The fourth-order valence-electron chi connectivity index (χ4n) is 5.85. The van der Waals surface area contributed by atoms with E-state index in [9.17, 15) is 14.0 Å². The first-order chi connectivity index (χ1) is 23.2. The number of hydrogen-bond donors (Lipinski definition) is 2. The minimum atomic E-state index is -0.663. The van der Waals surface area contributed by atoms with Crippen molar-refractivity contribution in [2.24, 2.45) is 0 Å². The molecule has 0 radical (unpaired) electrons. The second kappa shape index (κ2) is 17.7. The number of carbonyl (C=O) groups is 2. The Morgan fingerprint density at radius 3 is 2.27 bits per heavy atom. The molecule has 1 fully saturated rings. The minimum absolute atomic E-state index is 0.00276. The van der Waals surface area contributed by atoms with E-state index in [-0.39, 0.29) is 35.2 Å². The Morgan fingerprint density at radius 2 is 1.67 bits per heavy atom. The number of anilines is 2. The summed E-state index contributed by atoms with van der Waals surface area (Å²) in [6, 6.07) is 14.7. The molecule has 0 aliphatic carbocycles. The zero-order valence-corrected chi connectivity index (χ0v) is 29.2. The number of hydrogen-bond acceptors (Lipinski definition) is 6. The van der Waals surface area contributed by atoms with Crippen LogP contribution >= 0.6 is 0 Å². The Bertz CT molecular complexity index is 1500. The third-order valence-electron chi connectivity index (χ3n) is 8.84. The van der Waals surface area contributed by atoms with Crippen molar-refractivity contribution in [1.29, 1.82) is 0 Å². The lowest BCUT2D eigenvalue weighted by atomic mass is 10.1. The molecule has 10 heteroatoms. The number of aryl methyl sites for hydroxylation is 1. The van der Waals surface area contributed by atoms with E-state index >= 15 is 0 Å². The molecule has 260 valence electrons. The number of carbonyl (C=O) groups excluding carboxylic acids is 2. The van der Waals surface area contributed by atoms with Gasteiger partial charge < -0.3 is 34.6 Å². The Hall–Kier alpha value is -4.31. The summed E-state index contributed by atoms with van der Waals surface area (Å²) in [5, 5.41) is 5.37. The van der Waals surface area contributed by atoms with Gasteiger partial charge in [-0.05, 0) is 101 Å². The van der Waals surface area contributed by atoms with Crippen LogP contribution in [0.1, 0.15) is 82.1 Å². The van der Waals surface area contributed by atoms with Gasteiger partial charge in [-0.15, -0.1) is 0 Å². The number of methoxy groups -OCH3 is 1. The van der Waals surface area contributed by atoms with E-state index in [1.54, 1.807) is 29.2 Å². The van der Waals surface area contributed by atoms with Crippen LogP contribution in [0, 0.1) is 12.7 Å². The molecule has 2 N–H and O–H groups in total. The van der Waals surface area contributed by atoms with E-state index in [0.717, 1.165) is 56.6 Å². The molecular formula is C38H51FN4O5. The van der Waals surface area contributed by atoms with E-state index in [1.807, 2.05) is 45.9 Å². The molecular weight excluding hydrogens is 611 g/mol. The number of likely N-dealkylation sites (tertiary alicyclic amines) is 1. The van der Waals surface area contributed by atoms with Crippen LogP contribution in [-0.2, 0) is 0 Å². The molecule has 4 rings (SSSR count). The third kappa shape index (κ3) is 9.62. The van der Waals surface area contributed by atoms with Gasteiger partial charge >= 0.3 is 6.03 Å². The Kier molecular flexibility index (Phi) is 13.5. The summed E-state index contributed by atoms with van der Waals surface area (Å²) in [6.45, 7) is 13.8. The lowest BCUT2D eigenvalue weighted by Gasteiger charge is -2.32. The van der Waals surface area contributed by atoms with Gasteiger partial charge in [-0.1, -0.05) is 27.2 Å². The number of urea groups is 1. The van der Waals surface area contributed by atoms with Gasteiger partial charge in [0.2, 0.25) is 0 Å². The third-order valence-corrected chi connectivity index (χ3v) is 8.84. The first-order valence-corrected chi connectivity index (χ1v) is 17.2. The Balaban J connectivity index is 1.39. The van der Waals surface area contributed by atoms with Crippen molar-refractivity contribution in [3.63, 3.8) is 0 Å². The summed E-state index contributed by atoms with van der Waals surface area (Å²) in [5.74, 6) is 0.875. The summed E-state index contributed by atoms with van der Waals surface area (Å²) in [5.41, 5.74) is 2.19. The van der Waals surface area contributed by atoms with Gasteiger partial charge in [0, 0.05) is 49.1 Å². The molecule has 0 spiro atoms. The molecule has 9 nitrogen and oxygen atoms in total. The Morgan fingerprint density at radius 1 is 0.958 bits per heavy atom. The van der Waals surface area contributed by atoms with Gasteiger partial charge in [-0.2, -0.15) is 0 Å². The highest BCUT2D eigenvalue weighted by Gasteiger charge is 2.22. The van der Waals surface area contributed by atoms with Crippen LogP contribution < -0.4 is 29.7 Å². The monoisotopic (exact) mass is 662 g/mol. The van der Waals surface area contributed by atoms with Crippen LogP contribution in [0.2, 0.25) is 0 Å². The van der Waals surface area contributed by atoms with Gasteiger partial charge in [0.15, 0.2) is 17.3 Å². The maximum atomic E-state index is 15.0. The van der Waals surface area contributed by atoms with Crippen LogP contribution in [0.3, 0.4) is 0 Å². The molecule has 48 heavy (non-hydrogen) atoms. The summed E-state index contributed by atoms with van der Waals surface area (Å²) in [6.07, 6.45) is 6.19. The number of halogens is 1. The number of amides is 3. The average Bonchev–Trinajstić information content (AvgIpc) is 3.09. The minimum Gasteiger partial charge on any atom is -0.493 e. The maximum Gasteiger partial charge on any atom is 0.319 e. The molecule has 0 aromatic heterocycles. The van der Waals surface area contributed by atoms with Gasteiger partial charge in [-0.25, -0.2) is 9.18 Å². The number of unbranched alkanes of at least 4 members (excludes halogenated alkanes) is 1. The van der Waals surface area contributed by atoms with Gasteiger partial charge in [0.05, 0.1) is 12.8 Å². The van der Waals surface area contributed by atoms with Crippen molar-refractivity contribution in [2.45, 2.75) is 85.3 Å². The number of ether oxygens (including phenoxy) is 3. The van der Waals surface area contributed by atoms with Gasteiger partial charge in [0.25, 0.3) is 5.91 Å². The van der Waals surface area contributed by atoms with Crippen LogP contribution in [0.15, 0.2) is 54.6 Å². The standard InChI is InChI=1S/C38H51FN4O5/c1-7-11-20-42-21-18-31(19-22-42)47-34-17-12-27(23-26(34)5)37(44)43(10-4)29-13-15-30(16-14-29)48-36-24-32(39)33(25-35(36)46-6)41-38(45)40-28(8-2)9-3/h12-17,23-25,28,31H,7-11,18-22H2,1-6H3,(H2,40,41,45). The fourth-order valence-corrected chi connectivity index (χ4v) is 5.85. The molecule has 0 bridgehead atoms. The predicted octanol–water partition coefficient (Wildman–Crippen LogP) is 8.56. The highest BCUT2D eigenvalue weighted by molar-refractivity contribution is 6.06. The summed E-state index contributed by atoms with van der Waals surface area (Å²) in [7, 11) is 1.44. The van der Waals surface area contributed by atoms with Crippen LogP contribution in [0.25, 0.3) is 0 Å². The smallest absolute Gasteiger partial charge is 0.319 e. The molecule has 0 saturated carbocycles.